The van der Waals surface area contributed by atoms with E-state index in [0.29, 0.717) is 34.5 Å². The second kappa shape index (κ2) is 8.32. The Balaban J connectivity index is 1.47. The first-order valence-electron chi connectivity index (χ1n) is 11.4. The zero-order valence-corrected chi connectivity index (χ0v) is 19.7. The molecule has 188 valence electrons. The van der Waals surface area contributed by atoms with Crippen molar-refractivity contribution in [2.75, 3.05) is 0 Å². The minimum atomic E-state index is -2.62. The van der Waals surface area contributed by atoms with Crippen LogP contribution in [0.25, 0.3) is 11.0 Å². The van der Waals surface area contributed by atoms with Crippen LogP contribution in [0, 0.1) is 11.7 Å². The summed E-state index contributed by atoms with van der Waals surface area (Å²) in [4.78, 5) is 26.4. The van der Waals surface area contributed by atoms with Gasteiger partial charge in [0.25, 0.3) is 0 Å². The third-order valence-corrected chi connectivity index (χ3v) is 6.91. The van der Waals surface area contributed by atoms with Gasteiger partial charge < -0.3 is 16.8 Å². The number of carbonyl (C=O) groups is 1. The molecule has 1 saturated carbocycles. The van der Waals surface area contributed by atoms with Crippen LogP contribution in [0.4, 0.5) is 13.2 Å². The van der Waals surface area contributed by atoms with Crippen LogP contribution in [-0.2, 0) is 30.2 Å². The smallest absolute Gasteiger partial charge is 0.248 e. The molecule has 1 atom stereocenters. The van der Waals surface area contributed by atoms with Crippen molar-refractivity contribution in [3.63, 3.8) is 0 Å². The van der Waals surface area contributed by atoms with Gasteiger partial charge in [-0.05, 0) is 30.5 Å². The molecule has 0 saturated heterocycles. The van der Waals surface area contributed by atoms with Crippen molar-refractivity contribution >= 4 is 22.8 Å². The first-order chi connectivity index (χ1) is 17.0. The van der Waals surface area contributed by atoms with Crippen LogP contribution in [0.2, 0.25) is 0 Å². The third kappa shape index (κ3) is 3.95. The van der Waals surface area contributed by atoms with Crippen LogP contribution in [0.5, 0.6) is 0 Å². The SMILES string of the molecule is Cn1ncc2c(CN=C(N)C3=C(N)NC(=O)C3(C)c3ccc(F)cc3)nc(CC3CC(F)(F)C3)nc21. The van der Waals surface area contributed by atoms with Crippen LogP contribution in [0.3, 0.4) is 0 Å². The van der Waals surface area contributed by atoms with E-state index in [1.807, 2.05) is 0 Å². The molecule has 1 aromatic carbocycles. The van der Waals surface area contributed by atoms with Crippen molar-refractivity contribution < 1.29 is 18.0 Å². The Kier molecular flexibility index (Phi) is 5.49. The summed E-state index contributed by atoms with van der Waals surface area (Å²) < 4.78 is 41.7. The molecule has 2 aliphatic rings. The molecule has 1 aliphatic heterocycles. The van der Waals surface area contributed by atoms with Gasteiger partial charge in [-0.3, -0.25) is 14.5 Å². The van der Waals surface area contributed by atoms with Gasteiger partial charge in [-0.2, -0.15) is 5.10 Å². The molecular formula is C24H25F3N8O. The monoisotopic (exact) mass is 498 g/mol. The van der Waals surface area contributed by atoms with Crippen molar-refractivity contribution in [2.24, 2.45) is 29.4 Å². The van der Waals surface area contributed by atoms with Gasteiger partial charge in [0.1, 0.15) is 28.7 Å². The second-order valence-corrected chi connectivity index (χ2v) is 9.50. The average Bonchev–Trinajstić information content (AvgIpc) is 3.27. The molecule has 3 aromatic rings. The van der Waals surface area contributed by atoms with Gasteiger partial charge in [0.2, 0.25) is 11.8 Å². The summed E-state index contributed by atoms with van der Waals surface area (Å²) in [5, 5.41) is 7.48. The highest BCUT2D eigenvalue weighted by Gasteiger charge is 2.47. The number of hydrogen-bond acceptors (Lipinski definition) is 6. The van der Waals surface area contributed by atoms with Gasteiger partial charge >= 0.3 is 0 Å². The van der Waals surface area contributed by atoms with Gasteiger partial charge in [0.05, 0.1) is 29.4 Å². The summed E-state index contributed by atoms with van der Waals surface area (Å²) >= 11 is 0. The van der Waals surface area contributed by atoms with Gasteiger partial charge in [-0.15, -0.1) is 0 Å². The molecule has 12 heteroatoms. The topological polar surface area (TPSA) is 137 Å². The number of amides is 1. The molecule has 1 unspecified atom stereocenters. The zero-order valence-electron chi connectivity index (χ0n) is 19.7. The largest absolute Gasteiger partial charge is 0.385 e. The molecule has 1 amide bonds. The Morgan fingerprint density at radius 2 is 1.94 bits per heavy atom. The van der Waals surface area contributed by atoms with Crippen LogP contribution in [0.15, 0.2) is 46.8 Å². The Morgan fingerprint density at radius 3 is 2.61 bits per heavy atom. The number of aliphatic imine (C=N–C) groups is 1. The maximum absolute atomic E-state index is 13.5. The Bertz CT molecular complexity index is 1420. The molecule has 1 fully saturated rings. The molecule has 1 aliphatic carbocycles. The third-order valence-electron chi connectivity index (χ3n) is 6.91. The average molecular weight is 499 g/mol. The second-order valence-electron chi connectivity index (χ2n) is 9.50. The number of nitrogens with two attached hydrogens (primary N) is 2. The van der Waals surface area contributed by atoms with E-state index in [-0.39, 0.29) is 42.5 Å². The molecule has 0 spiro atoms. The molecule has 36 heavy (non-hydrogen) atoms. The molecule has 5 rings (SSSR count). The maximum atomic E-state index is 13.5. The van der Waals surface area contributed by atoms with E-state index < -0.39 is 23.1 Å². The molecular weight excluding hydrogens is 473 g/mol. The number of aromatic nitrogens is 4. The number of aryl methyl sites for hydroxylation is 1. The van der Waals surface area contributed by atoms with Gasteiger partial charge in [0.15, 0.2) is 5.65 Å². The minimum Gasteiger partial charge on any atom is -0.385 e. The van der Waals surface area contributed by atoms with Crippen molar-refractivity contribution in [2.45, 2.75) is 44.1 Å². The molecule has 0 bridgehead atoms. The normalized spacial score (nSPS) is 22.2. The fourth-order valence-corrected chi connectivity index (χ4v) is 4.91. The van der Waals surface area contributed by atoms with Crippen LogP contribution < -0.4 is 16.8 Å². The number of hydrogen-bond donors (Lipinski definition) is 3. The summed E-state index contributed by atoms with van der Waals surface area (Å²) in [7, 11) is 1.73. The summed E-state index contributed by atoms with van der Waals surface area (Å²) in [6.07, 6.45) is 1.56. The van der Waals surface area contributed by atoms with E-state index in [1.165, 1.54) is 24.3 Å². The summed E-state index contributed by atoms with van der Waals surface area (Å²) in [5.41, 5.74) is 13.1. The quantitative estimate of drug-likeness (QED) is 0.352. The number of nitrogens with one attached hydrogen (secondary N) is 1. The van der Waals surface area contributed by atoms with Gasteiger partial charge in [0, 0.05) is 26.3 Å². The van der Waals surface area contributed by atoms with Crippen molar-refractivity contribution in [3.8, 4) is 0 Å². The van der Waals surface area contributed by atoms with E-state index in [9.17, 15) is 18.0 Å². The number of rotatable bonds is 6. The maximum Gasteiger partial charge on any atom is 0.248 e. The number of fused-ring (bicyclic) bond motifs is 1. The lowest BCUT2D eigenvalue weighted by molar-refractivity contribution is -0.123. The van der Waals surface area contributed by atoms with E-state index >= 15 is 0 Å². The van der Waals surface area contributed by atoms with Crippen molar-refractivity contribution in [1.29, 1.82) is 0 Å². The fraction of sp³-hybridized carbons (Fsp3) is 0.375. The highest BCUT2D eigenvalue weighted by molar-refractivity contribution is 6.11. The van der Waals surface area contributed by atoms with Crippen LogP contribution in [-0.4, -0.2) is 37.4 Å². The summed E-state index contributed by atoms with van der Waals surface area (Å²) in [6.45, 7) is 1.67. The number of carbonyl (C=O) groups excluding carboxylic acids is 1. The predicted molar refractivity (Wildman–Crippen MR) is 126 cm³/mol. The van der Waals surface area contributed by atoms with E-state index in [0.717, 1.165) is 0 Å². The molecule has 2 aromatic heterocycles. The number of alkyl halides is 2. The standard InChI is InChI=1S/C24H25F3N8O/c1-23(13-3-5-14(25)6-4-13)18(20(29)34-22(23)36)19(28)30-11-16-15-10-31-35(2)21(15)33-17(32-16)7-12-8-24(26,27)9-12/h3-6,10,12H,7-9,11,29H2,1-2H3,(H2,28,30)(H,34,36). The molecule has 0 radical (unpaired) electrons. The van der Waals surface area contributed by atoms with Gasteiger partial charge in [-0.25, -0.2) is 23.1 Å². The number of nitrogens with zero attached hydrogens (tertiary/aromatic N) is 5. The van der Waals surface area contributed by atoms with Crippen LogP contribution >= 0.6 is 0 Å². The number of amidine groups is 1. The lowest BCUT2D eigenvalue weighted by Crippen LogP contribution is -2.39. The molecule has 3 heterocycles. The lowest BCUT2D eigenvalue weighted by atomic mass is 9.76. The summed E-state index contributed by atoms with van der Waals surface area (Å²) in [6, 6.07) is 5.51. The first kappa shape index (κ1) is 23.8. The zero-order chi connectivity index (χ0) is 25.8. The minimum absolute atomic E-state index is 0.0218. The van der Waals surface area contributed by atoms with Crippen molar-refractivity contribution in [1.82, 2.24) is 25.1 Å². The number of halogens is 3. The van der Waals surface area contributed by atoms with Gasteiger partial charge in [-0.1, -0.05) is 12.1 Å². The highest BCUT2D eigenvalue weighted by atomic mass is 19.3. The molecule has 9 nitrogen and oxygen atoms in total. The number of benzene rings is 1. The Labute approximate surface area is 204 Å². The van der Waals surface area contributed by atoms with E-state index in [1.54, 1.807) is 24.9 Å². The van der Waals surface area contributed by atoms with E-state index in [2.05, 4.69) is 25.4 Å². The summed E-state index contributed by atoms with van der Waals surface area (Å²) in [5.74, 6) is -3.14. The Hall–Kier alpha value is -3.96. The highest BCUT2D eigenvalue weighted by Crippen LogP contribution is 2.43. The first-order valence-corrected chi connectivity index (χ1v) is 11.4. The fourth-order valence-electron chi connectivity index (χ4n) is 4.91. The molecule has 5 N–H and O–H groups in total. The van der Waals surface area contributed by atoms with E-state index in [4.69, 9.17) is 11.5 Å². The van der Waals surface area contributed by atoms with Crippen LogP contribution in [0.1, 0.15) is 36.8 Å². The predicted octanol–water partition coefficient (Wildman–Crippen LogP) is 2.21. The van der Waals surface area contributed by atoms with Crippen molar-refractivity contribution in [3.05, 3.63) is 64.8 Å². The Morgan fingerprint density at radius 1 is 1.25 bits per heavy atom. The lowest BCUT2D eigenvalue weighted by Gasteiger charge is -2.34.